The first-order valence-corrected chi connectivity index (χ1v) is 6.44. The fourth-order valence-electron chi connectivity index (χ4n) is 1.47. The van der Waals surface area contributed by atoms with E-state index < -0.39 is 5.82 Å². The summed E-state index contributed by atoms with van der Waals surface area (Å²) >= 11 is 3.15. The molecule has 0 aliphatic heterocycles. The Morgan fingerprint density at radius 2 is 2.28 bits per heavy atom. The number of rotatable bonds is 6. The Hall–Kier alpha value is -0.980. The van der Waals surface area contributed by atoms with Crippen molar-refractivity contribution in [3.8, 4) is 0 Å². The normalized spacial score (nSPS) is 10.7. The van der Waals surface area contributed by atoms with Crippen molar-refractivity contribution in [2.75, 3.05) is 31.6 Å². The summed E-state index contributed by atoms with van der Waals surface area (Å²) < 4.78 is 14.1. The van der Waals surface area contributed by atoms with Gasteiger partial charge in [0, 0.05) is 11.0 Å². The maximum atomic E-state index is 13.5. The Morgan fingerprint density at radius 3 is 2.83 bits per heavy atom. The van der Waals surface area contributed by atoms with Crippen LogP contribution in [0, 0.1) is 5.82 Å². The standard InChI is InChI=1S/C12H16BrFN2O2/c1-2-16(5-6-17)8-12(18)15-11-4-3-9(13)7-10(11)14/h3-4,7,17H,2,5-6,8H2,1H3,(H,15,18). The van der Waals surface area contributed by atoms with E-state index in [0.29, 0.717) is 17.6 Å². The van der Waals surface area contributed by atoms with Crippen LogP contribution in [-0.4, -0.2) is 42.2 Å². The lowest BCUT2D eigenvalue weighted by molar-refractivity contribution is -0.117. The first kappa shape index (κ1) is 15.1. The number of hydrogen-bond acceptors (Lipinski definition) is 3. The molecular formula is C12H16BrFN2O2. The fraction of sp³-hybridized carbons (Fsp3) is 0.417. The lowest BCUT2D eigenvalue weighted by Crippen LogP contribution is -2.35. The van der Waals surface area contributed by atoms with Crippen LogP contribution < -0.4 is 5.32 Å². The average molecular weight is 319 g/mol. The number of aliphatic hydroxyl groups excluding tert-OH is 1. The van der Waals surface area contributed by atoms with Gasteiger partial charge in [-0.05, 0) is 24.7 Å². The van der Waals surface area contributed by atoms with Crippen LogP contribution in [-0.2, 0) is 4.79 Å². The summed E-state index contributed by atoms with van der Waals surface area (Å²) in [6, 6.07) is 4.45. The van der Waals surface area contributed by atoms with E-state index in [4.69, 9.17) is 5.11 Å². The van der Waals surface area contributed by atoms with Crippen molar-refractivity contribution in [3.63, 3.8) is 0 Å². The molecule has 0 radical (unpaired) electrons. The summed E-state index contributed by atoms with van der Waals surface area (Å²) in [7, 11) is 0. The highest BCUT2D eigenvalue weighted by atomic mass is 79.9. The van der Waals surface area contributed by atoms with E-state index in [0.717, 1.165) is 0 Å². The molecule has 4 nitrogen and oxygen atoms in total. The van der Waals surface area contributed by atoms with Crippen molar-refractivity contribution in [2.45, 2.75) is 6.92 Å². The van der Waals surface area contributed by atoms with Gasteiger partial charge in [-0.3, -0.25) is 9.69 Å². The second-order valence-electron chi connectivity index (χ2n) is 3.76. The minimum Gasteiger partial charge on any atom is -0.395 e. The van der Waals surface area contributed by atoms with Crippen LogP contribution in [0.2, 0.25) is 0 Å². The SMILES string of the molecule is CCN(CCO)CC(=O)Nc1ccc(Br)cc1F. The molecule has 0 aliphatic rings. The molecule has 18 heavy (non-hydrogen) atoms. The van der Waals surface area contributed by atoms with Crippen molar-refractivity contribution in [3.05, 3.63) is 28.5 Å². The molecule has 0 unspecified atom stereocenters. The lowest BCUT2D eigenvalue weighted by Gasteiger charge is -2.18. The number of aliphatic hydroxyl groups is 1. The maximum absolute atomic E-state index is 13.5. The quantitative estimate of drug-likeness (QED) is 0.841. The third kappa shape index (κ3) is 4.72. The summed E-state index contributed by atoms with van der Waals surface area (Å²) in [4.78, 5) is 13.5. The third-order valence-corrected chi connectivity index (χ3v) is 2.93. The maximum Gasteiger partial charge on any atom is 0.238 e. The van der Waals surface area contributed by atoms with E-state index in [1.807, 2.05) is 6.92 Å². The summed E-state index contributed by atoms with van der Waals surface area (Å²) in [5, 5.41) is 11.3. The molecule has 0 saturated carbocycles. The summed E-state index contributed by atoms with van der Waals surface area (Å²) in [5.74, 6) is -0.783. The van der Waals surface area contributed by atoms with Crippen LogP contribution in [0.5, 0.6) is 0 Å². The van der Waals surface area contributed by atoms with Crippen LogP contribution >= 0.6 is 15.9 Å². The van der Waals surface area contributed by atoms with Gasteiger partial charge in [0.05, 0.1) is 18.8 Å². The molecule has 0 fully saturated rings. The number of carbonyl (C=O) groups excluding carboxylic acids is 1. The number of likely N-dealkylation sites (N-methyl/N-ethyl adjacent to an activating group) is 1. The Bertz CT molecular complexity index is 415. The second kappa shape index (κ2) is 7.45. The number of amides is 1. The lowest BCUT2D eigenvalue weighted by atomic mass is 10.3. The number of nitrogens with zero attached hydrogens (tertiary/aromatic N) is 1. The van der Waals surface area contributed by atoms with Crippen molar-refractivity contribution in [1.29, 1.82) is 0 Å². The van der Waals surface area contributed by atoms with Crippen LogP contribution in [0.4, 0.5) is 10.1 Å². The molecule has 1 amide bonds. The molecule has 2 N–H and O–H groups in total. The van der Waals surface area contributed by atoms with Crippen molar-refractivity contribution >= 4 is 27.5 Å². The van der Waals surface area contributed by atoms with Gasteiger partial charge in [-0.2, -0.15) is 0 Å². The van der Waals surface area contributed by atoms with Gasteiger partial charge in [0.1, 0.15) is 5.82 Å². The molecule has 0 atom stereocenters. The number of hydrogen-bond donors (Lipinski definition) is 2. The fourth-order valence-corrected chi connectivity index (χ4v) is 1.81. The number of carbonyl (C=O) groups is 1. The highest BCUT2D eigenvalue weighted by Crippen LogP contribution is 2.19. The highest BCUT2D eigenvalue weighted by molar-refractivity contribution is 9.10. The van der Waals surface area contributed by atoms with Gasteiger partial charge in [0.2, 0.25) is 5.91 Å². The molecule has 0 aliphatic carbocycles. The van der Waals surface area contributed by atoms with Gasteiger partial charge in [0.15, 0.2) is 0 Å². The van der Waals surface area contributed by atoms with Crippen LogP contribution in [0.1, 0.15) is 6.92 Å². The first-order chi connectivity index (χ1) is 8.56. The highest BCUT2D eigenvalue weighted by Gasteiger charge is 2.11. The minimum atomic E-state index is -0.483. The predicted molar refractivity (Wildman–Crippen MR) is 71.9 cm³/mol. The molecule has 0 spiro atoms. The van der Waals surface area contributed by atoms with E-state index in [1.165, 1.54) is 12.1 Å². The summed E-state index contributed by atoms with van der Waals surface area (Å²) in [6.07, 6.45) is 0. The Labute approximate surface area is 114 Å². The number of benzene rings is 1. The van der Waals surface area contributed by atoms with Crippen molar-refractivity contribution in [1.82, 2.24) is 4.90 Å². The number of anilines is 1. The molecule has 0 aromatic heterocycles. The molecular weight excluding hydrogens is 303 g/mol. The van der Waals surface area contributed by atoms with Gasteiger partial charge >= 0.3 is 0 Å². The summed E-state index contributed by atoms with van der Waals surface area (Å²) in [5.41, 5.74) is 0.156. The minimum absolute atomic E-state index is 0.00619. The molecule has 6 heteroatoms. The van der Waals surface area contributed by atoms with E-state index in [9.17, 15) is 9.18 Å². The Morgan fingerprint density at radius 1 is 1.56 bits per heavy atom. The largest absolute Gasteiger partial charge is 0.395 e. The molecule has 1 rings (SSSR count). The molecule has 0 bridgehead atoms. The van der Waals surface area contributed by atoms with Crippen LogP contribution in [0.25, 0.3) is 0 Å². The van der Waals surface area contributed by atoms with E-state index in [2.05, 4.69) is 21.2 Å². The number of halogens is 2. The molecule has 1 aromatic carbocycles. The molecule has 0 saturated heterocycles. The zero-order valence-electron chi connectivity index (χ0n) is 10.1. The second-order valence-corrected chi connectivity index (χ2v) is 4.68. The Balaban J connectivity index is 2.58. The van der Waals surface area contributed by atoms with E-state index in [1.54, 1.807) is 11.0 Å². The zero-order valence-corrected chi connectivity index (χ0v) is 11.7. The average Bonchev–Trinajstić information content (AvgIpc) is 2.32. The molecule has 100 valence electrons. The number of nitrogens with one attached hydrogen (secondary N) is 1. The van der Waals surface area contributed by atoms with E-state index in [-0.39, 0.29) is 24.7 Å². The van der Waals surface area contributed by atoms with Gasteiger partial charge < -0.3 is 10.4 Å². The smallest absolute Gasteiger partial charge is 0.238 e. The molecule has 1 aromatic rings. The van der Waals surface area contributed by atoms with Crippen molar-refractivity contribution < 1.29 is 14.3 Å². The topological polar surface area (TPSA) is 52.6 Å². The van der Waals surface area contributed by atoms with Crippen molar-refractivity contribution in [2.24, 2.45) is 0 Å². The monoisotopic (exact) mass is 318 g/mol. The van der Waals surface area contributed by atoms with Gasteiger partial charge in [-0.1, -0.05) is 22.9 Å². The molecule has 0 heterocycles. The first-order valence-electron chi connectivity index (χ1n) is 5.65. The van der Waals surface area contributed by atoms with Gasteiger partial charge in [-0.25, -0.2) is 4.39 Å². The van der Waals surface area contributed by atoms with Gasteiger partial charge in [0.25, 0.3) is 0 Å². The van der Waals surface area contributed by atoms with Crippen LogP contribution in [0.3, 0.4) is 0 Å². The zero-order chi connectivity index (χ0) is 13.5. The van der Waals surface area contributed by atoms with Gasteiger partial charge in [-0.15, -0.1) is 0 Å². The Kier molecular flexibility index (Phi) is 6.24. The third-order valence-electron chi connectivity index (χ3n) is 2.44. The van der Waals surface area contributed by atoms with E-state index >= 15 is 0 Å². The summed E-state index contributed by atoms with van der Waals surface area (Å²) in [6.45, 7) is 3.09. The van der Waals surface area contributed by atoms with Crippen LogP contribution in [0.15, 0.2) is 22.7 Å². The predicted octanol–water partition coefficient (Wildman–Crippen LogP) is 1.84.